The fourth-order valence-corrected chi connectivity index (χ4v) is 5.20. The van der Waals surface area contributed by atoms with Crippen LogP contribution in [0, 0.1) is 0 Å². The summed E-state index contributed by atoms with van der Waals surface area (Å²) in [6.07, 6.45) is 1.54. The van der Waals surface area contributed by atoms with Crippen molar-refractivity contribution in [1.82, 2.24) is 4.90 Å². The monoisotopic (exact) mass is 462 g/mol. The van der Waals surface area contributed by atoms with Crippen LogP contribution in [-0.2, 0) is 22.9 Å². The molecule has 3 aromatic carbocycles. The highest BCUT2D eigenvalue weighted by molar-refractivity contribution is 7.92. The lowest BCUT2D eigenvalue weighted by molar-refractivity contribution is 0.0698. The molecule has 0 saturated heterocycles. The Bertz CT molecular complexity index is 1320. The van der Waals surface area contributed by atoms with Crippen molar-refractivity contribution in [1.29, 1.82) is 0 Å². The van der Waals surface area contributed by atoms with Crippen LogP contribution in [0.3, 0.4) is 0 Å². The van der Waals surface area contributed by atoms with Crippen LogP contribution in [0.2, 0.25) is 0 Å². The van der Waals surface area contributed by atoms with Crippen LogP contribution in [0.25, 0.3) is 11.1 Å². The Hall–Kier alpha value is -3.58. The molecular weight excluding hydrogens is 436 g/mol. The number of carbonyl (C=O) groups is 1. The first-order valence-electron chi connectivity index (χ1n) is 10.7. The van der Waals surface area contributed by atoms with Gasteiger partial charge in [0.05, 0.1) is 16.1 Å². The zero-order valence-corrected chi connectivity index (χ0v) is 19.2. The van der Waals surface area contributed by atoms with Crippen LogP contribution in [0.5, 0.6) is 0 Å². The van der Waals surface area contributed by atoms with Crippen LogP contribution >= 0.6 is 0 Å². The summed E-state index contributed by atoms with van der Waals surface area (Å²) in [4.78, 5) is 14.1. The van der Waals surface area contributed by atoms with Crippen LogP contribution in [0.1, 0.15) is 28.4 Å². The normalized spacial score (nSPS) is 13.7. The van der Waals surface area contributed by atoms with Crippen molar-refractivity contribution < 1.29 is 18.3 Å². The van der Waals surface area contributed by atoms with Gasteiger partial charge in [0, 0.05) is 18.8 Å². The van der Waals surface area contributed by atoms with Crippen molar-refractivity contribution in [2.75, 3.05) is 17.8 Å². The standard InChI is InChI=1S/C26H26N2O4S/c1-18(2)28-14-12-20-8-10-23(16-22(20)13-15-28)33(31,32)27-25-17-21(9-11-24(25)26(29)30)19-6-4-3-5-7-19/h3-11,16-17,27H,1,12-15H2,2H3,(H,29,30). The third-order valence-electron chi connectivity index (χ3n) is 5.93. The number of carboxylic acid groups (broad SMARTS) is 1. The van der Waals surface area contributed by atoms with Gasteiger partial charge in [-0.15, -0.1) is 0 Å². The lowest BCUT2D eigenvalue weighted by Crippen LogP contribution is -2.23. The van der Waals surface area contributed by atoms with Crippen molar-refractivity contribution in [2.24, 2.45) is 0 Å². The number of rotatable bonds is 6. The molecule has 0 spiro atoms. The number of carboxylic acids is 1. The quantitative estimate of drug-likeness (QED) is 0.550. The third kappa shape index (κ3) is 4.93. The zero-order chi connectivity index (χ0) is 23.6. The summed E-state index contributed by atoms with van der Waals surface area (Å²) >= 11 is 0. The fourth-order valence-electron chi connectivity index (χ4n) is 4.08. The fraction of sp³-hybridized carbons (Fsp3) is 0.192. The Labute approximate surface area is 194 Å². The van der Waals surface area contributed by atoms with Gasteiger partial charge in [0.25, 0.3) is 10.0 Å². The number of anilines is 1. The summed E-state index contributed by atoms with van der Waals surface area (Å²) in [5.41, 5.74) is 4.62. The molecule has 0 aromatic heterocycles. The smallest absolute Gasteiger partial charge is 0.337 e. The van der Waals surface area contributed by atoms with Gasteiger partial charge in [-0.1, -0.05) is 49.0 Å². The first-order chi connectivity index (χ1) is 15.7. The van der Waals surface area contributed by atoms with Gasteiger partial charge in [0.2, 0.25) is 0 Å². The van der Waals surface area contributed by atoms with E-state index in [1.165, 1.54) is 6.07 Å². The summed E-state index contributed by atoms with van der Waals surface area (Å²) in [5, 5.41) is 9.61. The highest BCUT2D eigenvalue weighted by Crippen LogP contribution is 2.29. The Balaban J connectivity index is 1.67. The molecule has 6 nitrogen and oxygen atoms in total. The topological polar surface area (TPSA) is 86.7 Å². The van der Waals surface area contributed by atoms with E-state index in [2.05, 4.69) is 16.2 Å². The minimum absolute atomic E-state index is 0.0345. The van der Waals surface area contributed by atoms with Crippen LogP contribution in [0.4, 0.5) is 5.69 Å². The Morgan fingerprint density at radius 1 is 0.939 bits per heavy atom. The number of sulfonamides is 1. The van der Waals surface area contributed by atoms with Gasteiger partial charge in [0.1, 0.15) is 0 Å². The molecule has 3 aromatic rings. The van der Waals surface area contributed by atoms with Crippen molar-refractivity contribution in [3.05, 3.63) is 95.7 Å². The Morgan fingerprint density at radius 2 is 1.64 bits per heavy atom. The number of nitrogens with zero attached hydrogens (tertiary/aromatic N) is 1. The number of fused-ring (bicyclic) bond motifs is 1. The maximum absolute atomic E-state index is 13.2. The molecule has 1 aliphatic heterocycles. The number of hydrogen-bond donors (Lipinski definition) is 2. The molecule has 0 fully saturated rings. The SMILES string of the molecule is C=C(C)N1CCc2ccc(S(=O)(=O)Nc3cc(-c4ccccc4)ccc3C(=O)O)cc2CC1. The molecule has 4 rings (SSSR count). The van der Waals surface area contributed by atoms with Gasteiger partial charge >= 0.3 is 5.97 Å². The predicted octanol–water partition coefficient (Wildman–Crippen LogP) is 4.79. The van der Waals surface area contributed by atoms with E-state index in [4.69, 9.17) is 0 Å². The molecule has 0 bridgehead atoms. The van der Waals surface area contributed by atoms with Gasteiger partial charge in [-0.25, -0.2) is 13.2 Å². The van der Waals surface area contributed by atoms with Gasteiger partial charge in [-0.05, 0) is 66.3 Å². The van der Waals surface area contributed by atoms with Gasteiger partial charge in [0.15, 0.2) is 0 Å². The average Bonchev–Trinajstić information content (AvgIpc) is 3.01. The Kier molecular flexibility index (Phi) is 6.24. The molecule has 2 N–H and O–H groups in total. The molecule has 0 aliphatic carbocycles. The lowest BCUT2D eigenvalue weighted by Gasteiger charge is -2.21. The lowest BCUT2D eigenvalue weighted by atomic mass is 10.0. The minimum atomic E-state index is -3.99. The van der Waals surface area contributed by atoms with E-state index in [9.17, 15) is 18.3 Å². The molecule has 1 aliphatic rings. The van der Waals surface area contributed by atoms with E-state index in [1.54, 1.807) is 24.3 Å². The van der Waals surface area contributed by atoms with Crippen LogP contribution < -0.4 is 4.72 Å². The first-order valence-corrected chi connectivity index (χ1v) is 12.2. The number of allylic oxidation sites excluding steroid dienone is 1. The summed E-state index contributed by atoms with van der Waals surface area (Å²) in [5.74, 6) is -1.20. The molecule has 0 radical (unpaired) electrons. The third-order valence-corrected chi connectivity index (χ3v) is 7.29. The van der Waals surface area contributed by atoms with E-state index in [0.29, 0.717) is 0 Å². The maximum Gasteiger partial charge on any atom is 0.337 e. The van der Waals surface area contributed by atoms with Crippen molar-refractivity contribution in [3.63, 3.8) is 0 Å². The van der Waals surface area contributed by atoms with E-state index in [1.807, 2.05) is 43.3 Å². The second-order valence-corrected chi connectivity index (χ2v) is 9.87. The molecule has 170 valence electrons. The molecule has 0 amide bonds. The summed E-state index contributed by atoms with van der Waals surface area (Å²) in [7, 11) is -3.99. The van der Waals surface area contributed by atoms with E-state index >= 15 is 0 Å². The average molecular weight is 463 g/mol. The summed E-state index contributed by atoms with van der Waals surface area (Å²) in [6.45, 7) is 7.61. The maximum atomic E-state index is 13.2. The van der Waals surface area contributed by atoms with Gasteiger partial charge < -0.3 is 10.0 Å². The Morgan fingerprint density at radius 3 is 2.30 bits per heavy atom. The van der Waals surface area contributed by atoms with Crippen LogP contribution in [-0.4, -0.2) is 37.5 Å². The molecule has 33 heavy (non-hydrogen) atoms. The van der Waals surface area contributed by atoms with Crippen molar-refractivity contribution in [3.8, 4) is 11.1 Å². The second kappa shape index (κ2) is 9.11. The molecule has 0 unspecified atom stereocenters. The highest BCUT2D eigenvalue weighted by atomic mass is 32.2. The highest BCUT2D eigenvalue weighted by Gasteiger charge is 2.22. The van der Waals surface area contributed by atoms with E-state index < -0.39 is 16.0 Å². The van der Waals surface area contributed by atoms with E-state index in [0.717, 1.165) is 53.9 Å². The van der Waals surface area contributed by atoms with Crippen molar-refractivity contribution in [2.45, 2.75) is 24.7 Å². The minimum Gasteiger partial charge on any atom is -0.478 e. The number of aromatic carboxylic acids is 1. The van der Waals surface area contributed by atoms with Crippen molar-refractivity contribution >= 4 is 21.7 Å². The molecule has 0 saturated carbocycles. The number of benzene rings is 3. The first kappa shape index (κ1) is 22.6. The predicted molar refractivity (Wildman–Crippen MR) is 130 cm³/mol. The molecule has 1 heterocycles. The number of nitrogens with one attached hydrogen (secondary N) is 1. The molecular formula is C26H26N2O4S. The van der Waals surface area contributed by atoms with E-state index in [-0.39, 0.29) is 16.1 Å². The summed E-state index contributed by atoms with van der Waals surface area (Å²) in [6, 6.07) is 19.2. The zero-order valence-electron chi connectivity index (χ0n) is 18.4. The largest absolute Gasteiger partial charge is 0.478 e. The molecule has 0 atom stereocenters. The summed E-state index contributed by atoms with van der Waals surface area (Å²) < 4.78 is 29.0. The van der Waals surface area contributed by atoms with Gasteiger partial charge in [-0.3, -0.25) is 4.72 Å². The molecule has 7 heteroatoms. The number of hydrogen-bond acceptors (Lipinski definition) is 4. The van der Waals surface area contributed by atoms with Gasteiger partial charge in [-0.2, -0.15) is 0 Å². The van der Waals surface area contributed by atoms with Crippen LogP contribution in [0.15, 0.2) is 83.9 Å². The second-order valence-electron chi connectivity index (χ2n) is 8.19.